The maximum absolute atomic E-state index is 12.6. The van der Waals surface area contributed by atoms with Crippen LogP contribution in [0.3, 0.4) is 0 Å². The number of carbonyl (C=O) groups is 3. The Labute approximate surface area is 206 Å². The van der Waals surface area contributed by atoms with Crippen molar-refractivity contribution in [3.63, 3.8) is 0 Å². The summed E-state index contributed by atoms with van der Waals surface area (Å²) in [5.41, 5.74) is 7.71. The summed E-state index contributed by atoms with van der Waals surface area (Å²) in [6, 6.07) is 10.3. The third-order valence-corrected chi connectivity index (χ3v) is 5.58. The van der Waals surface area contributed by atoms with E-state index in [2.05, 4.69) is 16.2 Å². The number of hydrogen-bond donors (Lipinski definition) is 4. The maximum atomic E-state index is 12.6. The minimum atomic E-state index is -1.32. The van der Waals surface area contributed by atoms with Gasteiger partial charge in [0.1, 0.15) is 6.04 Å². The van der Waals surface area contributed by atoms with Crippen molar-refractivity contribution in [3.8, 4) is 12.3 Å². The molecule has 0 aliphatic rings. The van der Waals surface area contributed by atoms with Crippen molar-refractivity contribution < 1.29 is 24.6 Å². The van der Waals surface area contributed by atoms with Gasteiger partial charge in [0.05, 0.1) is 17.4 Å². The van der Waals surface area contributed by atoms with Crippen LogP contribution in [-0.2, 0) is 23.2 Å². The monoisotopic (exact) mass is 491 g/mol. The van der Waals surface area contributed by atoms with Gasteiger partial charge < -0.3 is 26.2 Å². The van der Waals surface area contributed by atoms with Gasteiger partial charge in [-0.25, -0.2) is 9.78 Å². The number of rotatable bonds is 10. The molecule has 0 radical (unpaired) electrons. The lowest BCUT2D eigenvalue weighted by Gasteiger charge is -2.23. The van der Waals surface area contributed by atoms with E-state index in [9.17, 15) is 24.3 Å². The molecular formula is C25H25N5O6. The number of terminal acetylenes is 1. The van der Waals surface area contributed by atoms with E-state index in [1.165, 1.54) is 16.7 Å². The molecule has 1 atom stereocenters. The van der Waals surface area contributed by atoms with Crippen LogP contribution >= 0.6 is 0 Å². The molecule has 1 heterocycles. The molecule has 11 heteroatoms. The van der Waals surface area contributed by atoms with Gasteiger partial charge in [-0.15, -0.1) is 6.42 Å². The van der Waals surface area contributed by atoms with Crippen LogP contribution in [0.25, 0.3) is 10.9 Å². The van der Waals surface area contributed by atoms with Gasteiger partial charge in [0, 0.05) is 31.3 Å². The molecule has 0 unspecified atom stereocenters. The topological polar surface area (TPSA) is 168 Å². The number of carbonyl (C=O) groups excluding carboxylic acids is 1. The van der Waals surface area contributed by atoms with E-state index in [-0.39, 0.29) is 36.5 Å². The summed E-state index contributed by atoms with van der Waals surface area (Å²) in [5, 5.41) is 20.8. The first-order chi connectivity index (χ1) is 17.1. The summed E-state index contributed by atoms with van der Waals surface area (Å²) in [6.45, 7) is 0.618. The molecule has 11 nitrogen and oxygen atoms in total. The van der Waals surface area contributed by atoms with E-state index < -0.39 is 23.9 Å². The number of nitrogens with two attached hydrogens (primary N) is 1. The summed E-state index contributed by atoms with van der Waals surface area (Å²) >= 11 is 0. The largest absolute Gasteiger partial charge is 0.481 e. The molecule has 0 bridgehead atoms. The normalized spacial score (nSPS) is 11.4. The standard InChI is InChI=1S/C25H25N5O6/c1-3-12-30(14-15-4-9-19-18(13-15)23(34)29(2)25(26)28-19)17-7-5-16(6-8-17)22(33)27-20(24(35)36)10-11-21(31)32/h1,4-9,13,20H,10-12,14H2,2H3,(H2,26,28)(H,27,33)(H,31,32)(H,35,36)/t20-/m1/s1. The first-order valence-corrected chi connectivity index (χ1v) is 10.9. The Hall–Kier alpha value is -4.85. The number of amides is 1. The fraction of sp³-hybridized carbons (Fsp3) is 0.240. The molecule has 0 aliphatic carbocycles. The minimum Gasteiger partial charge on any atom is -0.481 e. The lowest BCUT2D eigenvalue weighted by Crippen LogP contribution is -2.41. The third kappa shape index (κ3) is 5.98. The number of carboxylic acids is 2. The molecule has 1 amide bonds. The average molecular weight is 492 g/mol. The number of nitrogens with one attached hydrogen (secondary N) is 1. The molecule has 2 aromatic carbocycles. The molecule has 0 fully saturated rings. The average Bonchev–Trinajstić information content (AvgIpc) is 2.85. The van der Waals surface area contributed by atoms with E-state index in [1.807, 2.05) is 11.0 Å². The first-order valence-electron chi connectivity index (χ1n) is 10.9. The van der Waals surface area contributed by atoms with Crippen LogP contribution in [0.4, 0.5) is 11.6 Å². The smallest absolute Gasteiger partial charge is 0.326 e. The number of benzene rings is 2. The van der Waals surface area contributed by atoms with Crippen LogP contribution in [0, 0.1) is 12.3 Å². The highest BCUT2D eigenvalue weighted by Crippen LogP contribution is 2.20. The molecule has 0 aliphatic heterocycles. The van der Waals surface area contributed by atoms with E-state index in [0.717, 1.165) is 5.56 Å². The Balaban J connectivity index is 1.79. The lowest BCUT2D eigenvalue weighted by molar-refractivity contribution is -0.140. The highest BCUT2D eigenvalue weighted by atomic mass is 16.4. The number of aromatic nitrogens is 2. The zero-order valence-corrected chi connectivity index (χ0v) is 19.5. The fourth-order valence-electron chi connectivity index (χ4n) is 3.59. The van der Waals surface area contributed by atoms with Crippen molar-refractivity contribution in [1.29, 1.82) is 0 Å². The van der Waals surface area contributed by atoms with Gasteiger partial charge in [0.2, 0.25) is 5.95 Å². The second-order valence-corrected chi connectivity index (χ2v) is 8.09. The second-order valence-electron chi connectivity index (χ2n) is 8.09. The van der Waals surface area contributed by atoms with Gasteiger partial charge in [0.25, 0.3) is 11.5 Å². The summed E-state index contributed by atoms with van der Waals surface area (Å²) in [6.07, 6.45) is 4.93. The zero-order valence-electron chi connectivity index (χ0n) is 19.5. The summed E-state index contributed by atoms with van der Waals surface area (Å²) < 4.78 is 1.27. The Bertz CT molecular complexity index is 1410. The molecule has 5 N–H and O–H groups in total. The van der Waals surface area contributed by atoms with Gasteiger partial charge in [-0.2, -0.15) is 0 Å². The summed E-state index contributed by atoms with van der Waals surface area (Å²) in [5.74, 6) is -0.397. The molecule has 0 saturated heterocycles. The minimum absolute atomic E-state index is 0.120. The van der Waals surface area contributed by atoms with Crippen LogP contribution in [0.1, 0.15) is 28.8 Å². The molecule has 1 aromatic heterocycles. The Morgan fingerprint density at radius 1 is 1.19 bits per heavy atom. The SMILES string of the molecule is C#CCN(Cc1ccc2nc(N)n(C)c(=O)c2c1)c1ccc(C(=O)N[C@H](CCC(=O)O)C(=O)O)cc1. The highest BCUT2D eigenvalue weighted by molar-refractivity contribution is 5.97. The van der Waals surface area contributed by atoms with Crippen molar-refractivity contribution in [2.45, 2.75) is 25.4 Å². The van der Waals surface area contributed by atoms with Crippen LogP contribution in [-0.4, -0.2) is 50.2 Å². The van der Waals surface area contributed by atoms with Crippen molar-refractivity contribution >= 4 is 40.4 Å². The quantitative estimate of drug-likeness (QED) is 0.305. The van der Waals surface area contributed by atoms with Crippen LogP contribution in [0.5, 0.6) is 0 Å². The van der Waals surface area contributed by atoms with Crippen molar-refractivity contribution in [2.75, 3.05) is 17.2 Å². The van der Waals surface area contributed by atoms with E-state index in [4.69, 9.17) is 17.3 Å². The van der Waals surface area contributed by atoms with E-state index in [0.29, 0.717) is 23.1 Å². The number of fused-ring (bicyclic) bond motifs is 1. The molecule has 36 heavy (non-hydrogen) atoms. The van der Waals surface area contributed by atoms with Crippen molar-refractivity contribution in [1.82, 2.24) is 14.9 Å². The van der Waals surface area contributed by atoms with Gasteiger partial charge in [-0.1, -0.05) is 12.0 Å². The second kappa shape index (κ2) is 11.1. The number of anilines is 2. The molecule has 0 saturated carbocycles. The van der Waals surface area contributed by atoms with Gasteiger partial charge >= 0.3 is 11.9 Å². The molecule has 3 rings (SSSR count). The Morgan fingerprint density at radius 2 is 1.89 bits per heavy atom. The van der Waals surface area contributed by atoms with Gasteiger partial charge in [-0.3, -0.25) is 19.0 Å². The van der Waals surface area contributed by atoms with Crippen LogP contribution in [0.15, 0.2) is 47.3 Å². The van der Waals surface area contributed by atoms with Crippen LogP contribution < -0.4 is 21.5 Å². The van der Waals surface area contributed by atoms with Crippen molar-refractivity contribution in [3.05, 3.63) is 63.9 Å². The van der Waals surface area contributed by atoms with Crippen LogP contribution in [0.2, 0.25) is 0 Å². The number of hydrogen-bond acceptors (Lipinski definition) is 7. The predicted octanol–water partition coefficient (Wildman–Crippen LogP) is 1.20. The Morgan fingerprint density at radius 3 is 2.50 bits per heavy atom. The third-order valence-electron chi connectivity index (χ3n) is 5.58. The van der Waals surface area contributed by atoms with E-state index in [1.54, 1.807) is 31.3 Å². The first kappa shape index (κ1) is 25.8. The van der Waals surface area contributed by atoms with Gasteiger partial charge in [-0.05, 0) is 48.4 Å². The Kier molecular flexibility index (Phi) is 7.91. The van der Waals surface area contributed by atoms with Gasteiger partial charge in [0.15, 0.2) is 0 Å². The molecule has 0 spiro atoms. The molecular weight excluding hydrogens is 466 g/mol. The number of aliphatic carboxylic acids is 2. The predicted molar refractivity (Wildman–Crippen MR) is 133 cm³/mol. The number of nitrogens with zero attached hydrogens (tertiary/aromatic N) is 3. The lowest BCUT2D eigenvalue weighted by atomic mass is 10.1. The fourth-order valence-corrected chi connectivity index (χ4v) is 3.59. The maximum Gasteiger partial charge on any atom is 0.326 e. The number of nitrogen functional groups attached to an aromatic ring is 1. The summed E-state index contributed by atoms with van der Waals surface area (Å²) in [7, 11) is 1.55. The molecule has 186 valence electrons. The van der Waals surface area contributed by atoms with Crippen molar-refractivity contribution in [2.24, 2.45) is 7.05 Å². The number of carboxylic acid groups (broad SMARTS) is 2. The highest BCUT2D eigenvalue weighted by Gasteiger charge is 2.22. The zero-order chi connectivity index (χ0) is 26.4. The van der Waals surface area contributed by atoms with E-state index >= 15 is 0 Å². The molecule has 3 aromatic rings. The summed E-state index contributed by atoms with van der Waals surface area (Å²) in [4.78, 5) is 53.2.